The number of ether oxygens (including phenoxy) is 1. The van der Waals surface area contributed by atoms with Crippen molar-refractivity contribution in [1.82, 2.24) is 4.98 Å². The van der Waals surface area contributed by atoms with Gasteiger partial charge in [0.25, 0.3) is 0 Å². The number of fused-ring (bicyclic) bond motifs is 2. The third kappa shape index (κ3) is 3.53. The van der Waals surface area contributed by atoms with Gasteiger partial charge in [0.05, 0.1) is 35.1 Å². The van der Waals surface area contributed by atoms with Crippen molar-refractivity contribution in [3.8, 4) is 0 Å². The van der Waals surface area contributed by atoms with Gasteiger partial charge < -0.3 is 9.64 Å². The van der Waals surface area contributed by atoms with Crippen molar-refractivity contribution < 1.29 is 4.74 Å². The van der Waals surface area contributed by atoms with E-state index in [-0.39, 0.29) is 0 Å². The SMILES string of the molecule is COCCN(C)c1ccc2c(c1)CC(c1ccc3c(c1)CC(c1ccccn1)=N3)=N2. The van der Waals surface area contributed by atoms with Gasteiger partial charge in [0.15, 0.2) is 0 Å². The van der Waals surface area contributed by atoms with Crippen LogP contribution in [-0.2, 0) is 17.6 Å². The lowest BCUT2D eigenvalue weighted by Crippen LogP contribution is -2.22. The number of methoxy groups -OCH3 is 1. The smallest absolute Gasteiger partial charge is 0.0848 e. The largest absolute Gasteiger partial charge is 0.383 e. The fourth-order valence-electron chi connectivity index (χ4n) is 4.01. The third-order valence-electron chi connectivity index (χ3n) is 5.73. The van der Waals surface area contributed by atoms with Gasteiger partial charge in [0, 0.05) is 45.4 Å². The molecule has 5 rings (SSSR count). The zero-order valence-electron chi connectivity index (χ0n) is 17.3. The minimum atomic E-state index is 0.715. The average molecular weight is 396 g/mol. The molecule has 2 aliphatic rings. The predicted octanol–water partition coefficient (Wildman–Crippen LogP) is 4.52. The second-order valence-electron chi connectivity index (χ2n) is 7.76. The Morgan fingerprint density at radius 3 is 2.47 bits per heavy atom. The van der Waals surface area contributed by atoms with Crippen LogP contribution in [0.4, 0.5) is 17.1 Å². The number of hydrogen-bond acceptors (Lipinski definition) is 5. The van der Waals surface area contributed by atoms with Gasteiger partial charge in [-0.05, 0) is 59.2 Å². The van der Waals surface area contributed by atoms with Crippen LogP contribution in [0.25, 0.3) is 0 Å². The van der Waals surface area contributed by atoms with Gasteiger partial charge in [-0.1, -0.05) is 12.1 Å². The van der Waals surface area contributed by atoms with Gasteiger partial charge in [-0.15, -0.1) is 0 Å². The van der Waals surface area contributed by atoms with Crippen molar-refractivity contribution in [2.24, 2.45) is 9.98 Å². The van der Waals surface area contributed by atoms with Crippen LogP contribution in [0.1, 0.15) is 22.4 Å². The number of nitrogens with zero attached hydrogens (tertiary/aromatic N) is 4. The first-order valence-corrected chi connectivity index (χ1v) is 10.2. The Morgan fingerprint density at radius 1 is 0.900 bits per heavy atom. The van der Waals surface area contributed by atoms with E-state index in [2.05, 4.69) is 53.3 Å². The molecule has 0 saturated heterocycles. The second-order valence-corrected chi connectivity index (χ2v) is 7.76. The minimum Gasteiger partial charge on any atom is -0.383 e. The summed E-state index contributed by atoms with van der Waals surface area (Å²) < 4.78 is 5.20. The van der Waals surface area contributed by atoms with Crippen molar-refractivity contribution >= 4 is 28.5 Å². The number of benzene rings is 2. The lowest BCUT2D eigenvalue weighted by Gasteiger charge is -2.19. The van der Waals surface area contributed by atoms with E-state index in [1.54, 1.807) is 7.11 Å². The molecule has 30 heavy (non-hydrogen) atoms. The first-order chi connectivity index (χ1) is 14.7. The van der Waals surface area contributed by atoms with Crippen LogP contribution in [-0.4, -0.2) is 43.7 Å². The molecule has 0 amide bonds. The number of likely N-dealkylation sites (N-methyl/N-ethyl adjacent to an activating group) is 1. The molecule has 2 aliphatic heterocycles. The standard InChI is InChI=1S/C25H24N4O/c1-29(11-12-30-2)20-7-9-22-19(14-20)15-24(27-22)17-6-8-21-18(13-17)16-25(28-21)23-5-3-4-10-26-23/h3-10,13-14H,11-12,15-16H2,1-2H3. The molecule has 3 aromatic rings. The van der Waals surface area contributed by atoms with Gasteiger partial charge in [0.2, 0.25) is 0 Å². The minimum absolute atomic E-state index is 0.715. The van der Waals surface area contributed by atoms with Gasteiger partial charge in [0.1, 0.15) is 0 Å². The zero-order valence-corrected chi connectivity index (χ0v) is 17.3. The van der Waals surface area contributed by atoms with Crippen LogP contribution >= 0.6 is 0 Å². The van der Waals surface area contributed by atoms with Gasteiger partial charge >= 0.3 is 0 Å². The van der Waals surface area contributed by atoms with Crippen LogP contribution in [0, 0.1) is 0 Å². The molecule has 5 nitrogen and oxygen atoms in total. The summed E-state index contributed by atoms with van der Waals surface area (Å²) in [4.78, 5) is 16.4. The van der Waals surface area contributed by atoms with Crippen LogP contribution in [0.5, 0.6) is 0 Å². The Hall–Kier alpha value is -3.31. The summed E-state index contributed by atoms with van der Waals surface area (Å²) in [6.07, 6.45) is 3.49. The quantitative estimate of drug-likeness (QED) is 0.616. The highest BCUT2D eigenvalue weighted by Gasteiger charge is 2.21. The van der Waals surface area contributed by atoms with Gasteiger partial charge in [-0.25, -0.2) is 0 Å². The highest BCUT2D eigenvalue weighted by molar-refractivity contribution is 6.09. The summed E-state index contributed by atoms with van der Waals surface area (Å²) in [5, 5.41) is 0. The Labute approximate surface area is 176 Å². The highest BCUT2D eigenvalue weighted by Crippen LogP contribution is 2.34. The molecule has 0 unspecified atom stereocenters. The third-order valence-corrected chi connectivity index (χ3v) is 5.73. The molecule has 0 aliphatic carbocycles. The van der Waals surface area contributed by atoms with Gasteiger partial charge in [-0.2, -0.15) is 0 Å². The Balaban J connectivity index is 1.34. The molecule has 5 heteroatoms. The second kappa shape index (κ2) is 7.84. The number of rotatable bonds is 6. The molecule has 0 spiro atoms. The molecular weight excluding hydrogens is 372 g/mol. The number of hydrogen-bond donors (Lipinski definition) is 0. The fraction of sp³-hybridized carbons (Fsp3) is 0.240. The lowest BCUT2D eigenvalue weighted by molar-refractivity contribution is 0.206. The zero-order chi connectivity index (χ0) is 20.5. The molecule has 0 atom stereocenters. The normalized spacial score (nSPS) is 14.2. The van der Waals surface area contributed by atoms with E-state index < -0.39 is 0 Å². The van der Waals surface area contributed by atoms with Crippen LogP contribution in [0.3, 0.4) is 0 Å². The molecule has 0 saturated carbocycles. The Kier molecular flexibility index (Phi) is 4.89. The first-order valence-electron chi connectivity index (χ1n) is 10.2. The Morgan fingerprint density at radius 2 is 1.67 bits per heavy atom. The topological polar surface area (TPSA) is 50.1 Å². The maximum absolute atomic E-state index is 5.20. The molecular formula is C25H24N4O. The number of pyridine rings is 1. The van der Waals surface area contributed by atoms with E-state index in [1.165, 1.54) is 22.4 Å². The summed E-state index contributed by atoms with van der Waals surface area (Å²) in [6, 6.07) is 18.9. The van der Waals surface area contributed by atoms with Crippen molar-refractivity contribution in [2.75, 3.05) is 32.2 Å². The molecule has 0 N–H and O–H groups in total. The van der Waals surface area contributed by atoms with E-state index in [1.807, 2.05) is 24.4 Å². The molecule has 1 aromatic heterocycles. The highest BCUT2D eigenvalue weighted by atomic mass is 16.5. The Bertz CT molecular complexity index is 1150. The van der Waals surface area contributed by atoms with E-state index in [0.717, 1.165) is 47.9 Å². The van der Waals surface area contributed by atoms with Crippen LogP contribution in [0.15, 0.2) is 70.8 Å². The van der Waals surface area contributed by atoms with Crippen LogP contribution in [0.2, 0.25) is 0 Å². The van der Waals surface area contributed by atoms with Crippen molar-refractivity contribution in [1.29, 1.82) is 0 Å². The monoisotopic (exact) mass is 396 g/mol. The maximum Gasteiger partial charge on any atom is 0.0848 e. The molecule has 0 bridgehead atoms. The van der Waals surface area contributed by atoms with Crippen LogP contribution < -0.4 is 4.90 Å². The van der Waals surface area contributed by atoms with Crippen molar-refractivity contribution in [3.05, 3.63) is 83.2 Å². The average Bonchev–Trinajstić information content (AvgIpc) is 3.41. The lowest BCUT2D eigenvalue weighted by atomic mass is 9.99. The van der Waals surface area contributed by atoms with Crippen molar-refractivity contribution in [3.63, 3.8) is 0 Å². The maximum atomic E-state index is 5.20. The molecule has 0 fully saturated rings. The van der Waals surface area contributed by atoms with Gasteiger partial charge in [-0.3, -0.25) is 15.0 Å². The first kappa shape index (κ1) is 18.7. The number of aliphatic imine (C=N–C) groups is 2. The molecule has 150 valence electrons. The van der Waals surface area contributed by atoms with E-state index in [4.69, 9.17) is 14.7 Å². The number of anilines is 1. The predicted molar refractivity (Wildman–Crippen MR) is 122 cm³/mol. The van der Waals surface area contributed by atoms with E-state index in [9.17, 15) is 0 Å². The summed E-state index contributed by atoms with van der Waals surface area (Å²) in [5.41, 5.74) is 10.1. The summed E-state index contributed by atoms with van der Waals surface area (Å²) >= 11 is 0. The summed E-state index contributed by atoms with van der Waals surface area (Å²) in [6.45, 7) is 1.58. The molecule has 2 aromatic carbocycles. The van der Waals surface area contributed by atoms with E-state index >= 15 is 0 Å². The molecule has 0 radical (unpaired) electrons. The summed E-state index contributed by atoms with van der Waals surface area (Å²) in [5.74, 6) is 0. The fourth-order valence-corrected chi connectivity index (χ4v) is 4.01. The van der Waals surface area contributed by atoms with Crippen molar-refractivity contribution in [2.45, 2.75) is 12.8 Å². The number of aromatic nitrogens is 1. The van der Waals surface area contributed by atoms with E-state index in [0.29, 0.717) is 6.61 Å². The molecule has 3 heterocycles. The summed E-state index contributed by atoms with van der Waals surface area (Å²) in [7, 11) is 3.83.